The van der Waals surface area contributed by atoms with E-state index in [4.69, 9.17) is 0 Å². The van der Waals surface area contributed by atoms with E-state index in [1.807, 2.05) is 0 Å². The summed E-state index contributed by atoms with van der Waals surface area (Å²) >= 11 is 0. The molecule has 1 aliphatic rings. The molecule has 0 aliphatic heterocycles. The Morgan fingerprint density at radius 1 is 1.08 bits per heavy atom. The Morgan fingerprint density at radius 2 is 1.67 bits per heavy atom. The Kier molecular flexibility index (Phi) is 3.20. The first kappa shape index (κ1) is 10.1. The van der Waals surface area contributed by atoms with E-state index in [9.17, 15) is 0 Å². The van der Waals surface area contributed by atoms with E-state index in [-0.39, 0.29) is 0 Å². The lowest BCUT2D eigenvalue weighted by molar-refractivity contribution is 0.360. The van der Waals surface area contributed by atoms with Gasteiger partial charge in [0.25, 0.3) is 0 Å². The number of hydrogen-bond acceptors (Lipinski definition) is 0. The summed E-state index contributed by atoms with van der Waals surface area (Å²) < 4.78 is 0. The van der Waals surface area contributed by atoms with Crippen LogP contribution < -0.4 is 0 Å². The molecule has 0 aromatic carbocycles. The highest BCUT2D eigenvalue weighted by Gasteiger charge is 2.45. The molecule has 0 heterocycles. The van der Waals surface area contributed by atoms with Gasteiger partial charge in [0, 0.05) is 0 Å². The van der Waals surface area contributed by atoms with Gasteiger partial charge in [-0.15, -0.1) is 0 Å². The summed E-state index contributed by atoms with van der Waals surface area (Å²) in [7, 11) is 0. The van der Waals surface area contributed by atoms with E-state index in [0.29, 0.717) is 0 Å². The monoisotopic (exact) mass is 168 g/mol. The maximum atomic E-state index is 2.42. The highest BCUT2D eigenvalue weighted by molar-refractivity contribution is 4.93. The van der Waals surface area contributed by atoms with Crippen molar-refractivity contribution in [1.82, 2.24) is 0 Å². The van der Waals surface area contributed by atoms with Crippen molar-refractivity contribution in [1.29, 1.82) is 0 Å². The smallest absolute Gasteiger partial charge is 0.0352 e. The molecule has 12 heavy (non-hydrogen) atoms. The SMILES string of the molecule is CCC1C(C)C1CC(C)C(C)C. The van der Waals surface area contributed by atoms with Gasteiger partial charge >= 0.3 is 0 Å². The first-order valence-corrected chi connectivity index (χ1v) is 5.57. The van der Waals surface area contributed by atoms with Crippen LogP contribution >= 0.6 is 0 Å². The van der Waals surface area contributed by atoms with Crippen LogP contribution in [0.25, 0.3) is 0 Å². The van der Waals surface area contributed by atoms with Gasteiger partial charge in [-0.25, -0.2) is 0 Å². The molecule has 0 aromatic heterocycles. The standard InChI is InChI=1S/C12H24/c1-6-11-10(5)12(11)7-9(4)8(2)3/h8-12H,6-7H2,1-5H3. The van der Waals surface area contributed by atoms with E-state index in [1.54, 1.807) is 0 Å². The summed E-state index contributed by atoms with van der Waals surface area (Å²) in [6, 6.07) is 0. The Labute approximate surface area is 77.7 Å². The first-order chi connectivity index (χ1) is 5.57. The van der Waals surface area contributed by atoms with Crippen molar-refractivity contribution < 1.29 is 0 Å². The topological polar surface area (TPSA) is 0 Å². The van der Waals surface area contributed by atoms with Crippen molar-refractivity contribution in [3.05, 3.63) is 0 Å². The fourth-order valence-corrected chi connectivity index (χ4v) is 2.40. The van der Waals surface area contributed by atoms with Crippen LogP contribution in [-0.2, 0) is 0 Å². The summed E-state index contributed by atoms with van der Waals surface area (Å²) in [5.74, 6) is 4.94. The second-order valence-corrected chi connectivity index (χ2v) is 5.05. The summed E-state index contributed by atoms with van der Waals surface area (Å²) in [6.07, 6.45) is 2.87. The van der Waals surface area contributed by atoms with Crippen molar-refractivity contribution in [2.75, 3.05) is 0 Å². The molecular weight excluding hydrogens is 144 g/mol. The van der Waals surface area contributed by atoms with E-state index >= 15 is 0 Å². The molecule has 0 saturated heterocycles. The minimum Gasteiger partial charge on any atom is -0.0651 e. The van der Waals surface area contributed by atoms with Crippen molar-refractivity contribution in [2.45, 2.75) is 47.5 Å². The largest absolute Gasteiger partial charge is 0.0651 e. The molecule has 4 unspecified atom stereocenters. The number of rotatable bonds is 4. The van der Waals surface area contributed by atoms with Gasteiger partial charge in [0.15, 0.2) is 0 Å². The third-order valence-electron chi connectivity index (χ3n) is 4.01. The van der Waals surface area contributed by atoms with Gasteiger partial charge in [-0.2, -0.15) is 0 Å². The van der Waals surface area contributed by atoms with Gasteiger partial charge in [-0.3, -0.25) is 0 Å². The van der Waals surface area contributed by atoms with E-state index < -0.39 is 0 Å². The maximum absolute atomic E-state index is 2.42. The molecule has 0 radical (unpaired) electrons. The molecule has 0 spiro atoms. The van der Waals surface area contributed by atoms with Crippen LogP contribution in [0.4, 0.5) is 0 Å². The molecule has 0 amide bonds. The molecule has 72 valence electrons. The molecule has 0 nitrogen and oxygen atoms in total. The molecule has 0 aromatic rings. The average Bonchev–Trinajstić information content (AvgIpc) is 2.61. The first-order valence-electron chi connectivity index (χ1n) is 5.57. The van der Waals surface area contributed by atoms with Crippen molar-refractivity contribution in [3.8, 4) is 0 Å². The summed E-state index contributed by atoms with van der Waals surface area (Å²) in [4.78, 5) is 0. The molecule has 0 bridgehead atoms. The van der Waals surface area contributed by atoms with Crippen LogP contribution in [0.5, 0.6) is 0 Å². The third kappa shape index (κ3) is 2.02. The predicted molar refractivity (Wildman–Crippen MR) is 55.1 cm³/mol. The van der Waals surface area contributed by atoms with Crippen molar-refractivity contribution in [2.24, 2.45) is 29.6 Å². The minimum atomic E-state index is 0.871. The fourth-order valence-electron chi connectivity index (χ4n) is 2.40. The third-order valence-corrected chi connectivity index (χ3v) is 4.01. The molecule has 1 aliphatic carbocycles. The maximum Gasteiger partial charge on any atom is -0.0352 e. The van der Waals surface area contributed by atoms with Gasteiger partial charge in [0.05, 0.1) is 0 Å². The predicted octanol–water partition coefficient (Wildman–Crippen LogP) is 3.96. The van der Waals surface area contributed by atoms with Gasteiger partial charge < -0.3 is 0 Å². The minimum absolute atomic E-state index is 0.871. The van der Waals surface area contributed by atoms with Crippen LogP contribution in [0.2, 0.25) is 0 Å². The van der Waals surface area contributed by atoms with Gasteiger partial charge in [-0.05, 0) is 36.0 Å². The zero-order chi connectivity index (χ0) is 9.30. The Bertz CT molecular complexity index is 137. The Morgan fingerprint density at radius 3 is 2.00 bits per heavy atom. The van der Waals surface area contributed by atoms with Crippen LogP contribution in [0.15, 0.2) is 0 Å². The molecule has 1 rings (SSSR count). The van der Waals surface area contributed by atoms with Crippen LogP contribution in [0, 0.1) is 29.6 Å². The van der Waals surface area contributed by atoms with Crippen molar-refractivity contribution in [3.63, 3.8) is 0 Å². The Hall–Kier alpha value is 0. The summed E-state index contributed by atoms with van der Waals surface area (Å²) in [6.45, 7) is 11.9. The lowest BCUT2D eigenvalue weighted by Crippen LogP contribution is -2.05. The second-order valence-electron chi connectivity index (χ2n) is 5.05. The lowest BCUT2D eigenvalue weighted by Gasteiger charge is -2.14. The van der Waals surface area contributed by atoms with E-state index in [1.165, 1.54) is 12.8 Å². The molecule has 0 N–H and O–H groups in total. The van der Waals surface area contributed by atoms with Crippen LogP contribution in [0.3, 0.4) is 0 Å². The quantitative estimate of drug-likeness (QED) is 0.596. The highest BCUT2D eigenvalue weighted by atomic mass is 14.5. The highest BCUT2D eigenvalue weighted by Crippen LogP contribution is 2.52. The Balaban J connectivity index is 2.25. The van der Waals surface area contributed by atoms with E-state index in [0.717, 1.165) is 29.6 Å². The van der Waals surface area contributed by atoms with Gasteiger partial charge in [0.2, 0.25) is 0 Å². The van der Waals surface area contributed by atoms with Crippen LogP contribution in [0.1, 0.15) is 47.5 Å². The summed E-state index contributed by atoms with van der Waals surface area (Å²) in [5, 5.41) is 0. The van der Waals surface area contributed by atoms with Crippen LogP contribution in [-0.4, -0.2) is 0 Å². The molecular formula is C12H24. The average molecular weight is 168 g/mol. The molecule has 1 saturated carbocycles. The zero-order valence-electron chi connectivity index (χ0n) is 9.30. The zero-order valence-corrected chi connectivity index (χ0v) is 9.30. The van der Waals surface area contributed by atoms with E-state index in [2.05, 4.69) is 34.6 Å². The normalized spacial score (nSPS) is 37.0. The van der Waals surface area contributed by atoms with Gasteiger partial charge in [-0.1, -0.05) is 41.0 Å². The lowest BCUT2D eigenvalue weighted by atomic mass is 9.91. The number of hydrogen-bond donors (Lipinski definition) is 0. The molecule has 4 atom stereocenters. The summed E-state index contributed by atoms with van der Waals surface area (Å²) in [5.41, 5.74) is 0. The fraction of sp³-hybridized carbons (Fsp3) is 1.00. The van der Waals surface area contributed by atoms with Crippen molar-refractivity contribution >= 4 is 0 Å². The molecule has 0 heteroatoms. The second kappa shape index (κ2) is 3.81. The molecule has 1 fully saturated rings. The van der Waals surface area contributed by atoms with Gasteiger partial charge in [0.1, 0.15) is 0 Å².